The molecule has 2 aromatic rings. The van der Waals surface area contributed by atoms with Gasteiger partial charge in [0.25, 0.3) is 5.91 Å². The van der Waals surface area contributed by atoms with Gasteiger partial charge in [-0.15, -0.1) is 0 Å². The number of para-hydroxylation sites is 2. The molecule has 4 rings (SSSR count). The van der Waals surface area contributed by atoms with E-state index in [1.807, 2.05) is 24.3 Å². The smallest absolute Gasteiger partial charge is 0.258 e. The molecule has 23 heavy (non-hydrogen) atoms. The van der Waals surface area contributed by atoms with Crippen molar-refractivity contribution in [1.82, 2.24) is 0 Å². The zero-order chi connectivity index (χ0) is 16.0. The predicted molar refractivity (Wildman–Crippen MR) is 85.0 cm³/mol. The van der Waals surface area contributed by atoms with Gasteiger partial charge < -0.3 is 4.90 Å². The molecular formula is C18H15FN2O2. The quantitative estimate of drug-likeness (QED) is 0.855. The Bertz CT molecular complexity index is 801. The number of hydrogen-bond donors (Lipinski definition) is 0. The van der Waals surface area contributed by atoms with E-state index in [9.17, 15) is 14.0 Å². The summed E-state index contributed by atoms with van der Waals surface area (Å²) in [6.45, 7) is -0.0111. The fraction of sp³-hybridized carbons (Fsp3) is 0.222. The molecule has 1 aliphatic carbocycles. The molecule has 0 bridgehead atoms. The molecule has 2 aliphatic rings. The predicted octanol–water partition coefficient (Wildman–Crippen LogP) is 2.98. The van der Waals surface area contributed by atoms with Crippen molar-refractivity contribution < 1.29 is 14.0 Å². The van der Waals surface area contributed by atoms with Crippen molar-refractivity contribution >= 4 is 23.2 Å². The number of fused-ring (bicyclic) bond motifs is 1. The lowest BCUT2D eigenvalue weighted by Crippen LogP contribution is -2.49. The van der Waals surface area contributed by atoms with Gasteiger partial charge in [0.15, 0.2) is 0 Å². The van der Waals surface area contributed by atoms with Gasteiger partial charge in [0.2, 0.25) is 5.91 Å². The molecule has 0 radical (unpaired) electrons. The summed E-state index contributed by atoms with van der Waals surface area (Å²) < 4.78 is 13.4. The summed E-state index contributed by atoms with van der Waals surface area (Å²) in [5.41, 5.74) is 1.71. The summed E-state index contributed by atoms with van der Waals surface area (Å²) >= 11 is 0. The standard InChI is InChI=1S/C18H15FN2O2/c19-13-5-3-4-12(10-13)18(23)20-11-17(22)21(14-8-9-14)16-7-2-1-6-15(16)20/h1-7,10,14H,8-9,11H2. The first kappa shape index (κ1) is 13.9. The topological polar surface area (TPSA) is 40.6 Å². The average molecular weight is 310 g/mol. The van der Waals surface area contributed by atoms with Gasteiger partial charge in [-0.05, 0) is 43.2 Å². The Morgan fingerprint density at radius 1 is 1.04 bits per heavy atom. The van der Waals surface area contributed by atoms with Gasteiger partial charge in [0.05, 0.1) is 11.4 Å². The molecule has 1 fully saturated rings. The second-order valence-corrected chi connectivity index (χ2v) is 5.89. The number of rotatable bonds is 2. The van der Waals surface area contributed by atoms with Crippen LogP contribution < -0.4 is 9.80 Å². The third-order valence-corrected chi connectivity index (χ3v) is 4.22. The van der Waals surface area contributed by atoms with Crippen LogP contribution in [0.15, 0.2) is 48.5 Å². The summed E-state index contributed by atoms with van der Waals surface area (Å²) in [6.07, 6.45) is 2.00. The van der Waals surface area contributed by atoms with Gasteiger partial charge in [-0.1, -0.05) is 18.2 Å². The molecule has 0 atom stereocenters. The molecule has 0 saturated heterocycles. The molecule has 0 N–H and O–H groups in total. The van der Waals surface area contributed by atoms with Crippen LogP contribution >= 0.6 is 0 Å². The van der Waals surface area contributed by atoms with Crippen molar-refractivity contribution in [3.8, 4) is 0 Å². The number of anilines is 2. The van der Waals surface area contributed by atoms with Gasteiger partial charge in [0.1, 0.15) is 12.4 Å². The molecule has 0 spiro atoms. The van der Waals surface area contributed by atoms with Crippen molar-refractivity contribution in [2.75, 3.05) is 16.3 Å². The van der Waals surface area contributed by atoms with E-state index in [2.05, 4.69) is 0 Å². The summed E-state index contributed by atoms with van der Waals surface area (Å²) in [5.74, 6) is -0.913. The number of halogens is 1. The monoisotopic (exact) mass is 310 g/mol. The van der Waals surface area contributed by atoms with E-state index in [0.29, 0.717) is 5.69 Å². The summed E-state index contributed by atoms with van der Waals surface area (Å²) in [4.78, 5) is 28.5. The first-order valence-corrected chi connectivity index (χ1v) is 7.63. The first-order valence-electron chi connectivity index (χ1n) is 7.63. The van der Waals surface area contributed by atoms with Crippen molar-refractivity contribution in [3.63, 3.8) is 0 Å². The largest absolute Gasteiger partial charge is 0.306 e. The van der Waals surface area contributed by atoms with Crippen molar-refractivity contribution in [2.24, 2.45) is 0 Å². The van der Waals surface area contributed by atoms with E-state index < -0.39 is 5.82 Å². The molecule has 2 amide bonds. The number of nitrogens with zero attached hydrogens (tertiary/aromatic N) is 2. The van der Waals surface area contributed by atoms with Gasteiger partial charge in [-0.3, -0.25) is 14.5 Å². The fourth-order valence-corrected chi connectivity index (χ4v) is 3.02. The van der Waals surface area contributed by atoms with Crippen molar-refractivity contribution in [2.45, 2.75) is 18.9 Å². The Morgan fingerprint density at radius 3 is 2.48 bits per heavy atom. The number of amides is 2. The second-order valence-electron chi connectivity index (χ2n) is 5.89. The van der Waals surface area contributed by atoms with Crippen LogP contribution in [0.25, 0.3) is 0 Å². The minimum atomic E-state index is -0.466. The lowest BCUT2D eigenvalue weighted by atomic mass is 10.1. The van der Waals surface area contributed by atoms with Gasteiger partial charge in [0, 0.05) is 11.6 Å². The second kappa shape index (κ2) is 5.19. The van der Waals surface area contributed by atoms with Crippen molar-refractivity contribution in [3.05, 3.63) is 59.9 Å². The molecule has 5 heteroatoms. The molecule has 4 nitrogen and oxygen atoms in total. The third-order valence-electron chi connectivity index (χ3n) is 4.22. The highest BCUT2D eigenvalue weighted by Gasteiger charge is 2.40. The fourth-order valence-electron chi connectivity index (χ4n) is 3.02. The maximum Gasteiger partial charge on any atom is 0.258 e. The highest BCUT2D eigenvalue weighted by atomic mass is 19.1. The molecule has 1 saturated carbocycles. The normalized spacial score (nSPS) is 17.2. The van der Waals surface area contributed by atoms with Crippen LogP contribution in [-0.2, 0) is 4.79 Å². The molecule has 1 heterocycles. The Hall–Kier alpha value is -2.69. The highest BCUT2D eigenvalue weighted by molar-refractivity contribution is 6.16. The van der Waals surface area contributed by atoms with Crippen LogP contribution in [0.2, 0.25) is 0 Å². The zero-order valence-electron chi connectivity index (χ0n) is 12.4. The van der Waals surface area contributed by atoms with E-state index in [1.165, 1.54) is 23.1 Å². The van der Waals surface area contributed by atoms with E-state index in [4.69, 9.17) is 0 Å². The molecule has 0 aromatic heterocycles. The van der Waals surface area contributed by atoms with Gasteiger partial charge in [-0.2, -0.15) is 0 Å². The van der Waals surface area contributed by atoms with E-state index in [0.717, 1.165) is 18.5 Å². The highest BCUT2D eigenvalue weighted by Crippen LogP contribution is 2.40. The van der Waals surface area contributed by atoms with Crippen LogP contribution in [0.4, 0.5) is 15.8 Å². The van der Waals surface area contributed by atoms with Gasteiger partial charge in [-0.25, -0.2) is 4.39 Å². The van der Waals surface area contributed by atoms with E-state index >= 15 is 0 Å². The molecular weight excluding hydrogens is 295 g/mol. The average Bonchev–Trinajstić information content (AvgIpc) is 3.38. The number of carbonyl (C=O) groups is 2. The Balaban J connectivity index is 1.76. The lowest BCUT2D eigenvalue weighted by molar-refractivity contribution is -0.117. The van der Waals surface area contributed by atoms with Crippen LogP contribution in [-0.4, -0.2) is 24.4 Å². The van der Waals surface area contributed by atoms with Crippen LogP contribution in [0, 0.1) is 5.82 Å². The number of benzene rings is 2. The minimum Gasteiger partial charge on any atom is -0.306 e. The van der Waals surface area contributed by atoms with E-state index in [1.54, 1.807) is 11.0 Å². The SMILES string of the molecule is O=C(c1cccc(F)c1)N1CC(=O)N(C2CC2)c2ccccc21. The summed E-state index contributed by atoms with van der Waals surface area (Å²) in [5, 5.41) is 0. The Morgan fingerprint density at radius 2 is 1.78 bits per heavy atom. The summed E-state index contributed by atoms with van der Waals surface area (Å²) in [6, 6.07) is 13.2. The zero-order valence-corrected chi connectivity index (χ0v) is 12.4. The maximum absolute atomic E-state index is 13.4. The maximum atomic E-state index is 13.4. The molecule has 116 valence electrons. The summed E-state index contributed by atoms with van der Waals surface area (Å²) in [7, 11) is 0. The minimum absolute atomic E-state index is 0.0111. The van der Waals surface area contributed by atoms with Crippen molar-refractivity contribution in [1.29, 1.82) is 0 Å². The molecule has 0 unspecified atom stereocenters. The van der Waals surface area contributed by atoms with Crippen LogP contribution in [0.1, 0.15) is 23.2 Å². The van der Waals surface area contributed by atoms with E-state index in [-0.39, 0.29) is 30.0 Å². The Labute approximate surface area is 133 Å². The lowest BCUT2D eigenvalue weighted by Gasteiger charge is -2.36. The molecule has 1 aliphatic heterocycles. The van der Waals surface area contributed by atoms with Crippen LogP contribution in [0.5, 0.6) is 0 Å². The van der Waals surface area contributed by atoms with Crippen LogP contribution in [0.3, 0.4) is 0 Å². The molecule has 2 aromatic carbocycles. The van der Waals surface area contributed by atoms with Gasteiger partial charge >= 0.3 is 0 Å². The third kappa shape index (κ3) is 2.38. The number of carbonyl (C=O) groups excluding carboxylic acids is 2. The first-order chi connectivity index (χ1) is 11.1. The number of hydrogen-bond acceptors (Lipinski definition) is 2. The Kier molecular flexibility index (Phi) is 3.15.